The fraction of sp³-hybridized carbons (Fsp3) is 0.545. The Kier molecular flexibility index (Phi) is 8.24. The number of rotatable bonds is 8. The number of amides is 2. The topological polar surface area (TPSA) is 106 Å². The fourth-order valence-electron chi connectivity index (χ4n) is 3.62. The van der Waals surface area contributed by atoms with E-state index in [9.17, 15) is 14.7 Å². The number of carbonyl (C=O) groups is 2. The molecule has 1 aromatic carbocycles. The Morgan fingerprint density at radius 1 is 1.23 bits per heavy atom. The largest absolute Gasteiger partial charge is 0.497 e. The van der Waals surface area contributed by atoms with Crippen molar-refractivity contribution >= 4 is 11.8 Å². The first-order valence-corrected chi connectivity index (χ1v) is 10.3. The van der Waals surface area contributed by atoms with Gasteiger partial charge in [0.05, 0.1) is 32.3 Å². The Hall–Kier alpha value is -2.42. The summed E-state index contributed by atoms with van der Waals surface area (Å²) in [6.07, 6.45) is 4.07. The molecule has 0 bridgehead atoms. The van der Waals surface area contributed by atoms with Gasteiger partial charge in [-0.05, 0) is 30.5 Å². The summed E-state index contributed by atoms with van der Waals surface area (Å²) in [6, 6.07) is 7.08. The van der Waals surface area contributed by atoms with Crippen molar-refractivity contribution < 1.29 is 28.9 Å². The molecule has 0 radical (unpaired) electrons. The minimum Gasteiger partial charge on any atom is -0.497 e. The standard InChI is InChI=1S/C22H30N2O6/c1-28-17-4-2-3-15(11-17)13-23-21(26)12-18-5-6-19(20(14-25)30-18)24-22(27)16-7-9-29-10-8-16/h2-6,11,16,18-20,25H,7-10,12-14H2,1H3,(H,23,26)(H,24,27)/t18-,19-,20-/m0/s1. The number of hydrogen-bond acceptors (Lipinski definition) is 6. The Morgan fingerprint density at radius 3 is 2.77 bits per heavy atom. The number of nitrogens with one attached hydrogen (secondary N) is 2. The number of benzene rings is 1. The Morgan fingerprint density at radius 2 is 2.03 bits per heavy atom. The number of aliphatic hydroxyl groups is 1. The van der Waals surface area contributed by atoms with E-state index in [4.69, 9.17) is 14.2 Å². The van der Waals surface area contributed by atoms with E-state index in [-0.39, 0.29) is 30.8 Å². The number of methoxy groups -OCH3 is 1. The maximum Gasteiger partial charge on any atom is 0.223 e. The van der Waals surface area contributed by atoms with Gasteiger partial charge in [0.2, 0.25) is 11.8 Å². The molecule has 30 heavy (non-hydrogen) atoms. The number of hydrogen-bond donors (Lipinski definition) is 3. The lowest BCUT2D eigenvalue weighted by atomic mass is 9.97. The molecule has 0 unspecified atom stereocenters. The van der Waals surface area contributed by atoms with Crippen LogP contribution in [0.25, 0.3) is 0 Å². The highest BCUT2D eigenvalue weighted by Gasteiger charge is 2.31. The lowest BCUT2D eigenvalue weighted by Gasteiger charge is -2.33. The second-order valence-electron chi connectivity index (χ2n) is 7.53. The van der Waals surface area contributed by atoms with Gasteiger partial charge >= 0.3 is 0 Å². The van der Waals surface area contributed by atoms with Crippen LogP contribution in [0.5, 0.6) is 5.75 Å². The molecule has 1 aromatic rings. The van der Waals surface area contributed by atoms with Crippen molar-refractivity contribution in [3.05, 3.63) is 42.0 Å². The van der Waals surface area contributed by atoms with E-state index in [0.29, 0.717) is 32.6 Å². The number of aliphatic hydroxyl groups excluding tert-OH is 1. The monoisotopic (exact) mass is 418 g/mol. The van der Waals surface area contributed by atoms with Crippen LogP contribution in [0.3, 0.4) is 0 Å². The van der Waals surface area contributed by atoms with Gasteiger partial charge in [-0.25, -0.2) is 0 Å². The molecule has 8 heteroatoms. The second kappa shape index (κ2) is 11.1. The van der Waals surface area contributed by atoms with E-state index in [1.807, 2.05) is 30.3 Å². The summed E-state index contributed by atoms with van der Waals surface area (Å²) < 4.78 is 16.3. The van der Waals surface area contributed by atoms with Crippen LogP contribution in [-0.2, 0) is 25.6 Å². The molecule has 3 rings (SSSR count). The Balaban J connectivity index is 1.48. The molecule has 1 saturated heterocycles. The highest BCUT2D eigenvalue weighted by Crippen LogP contribution is 2.19. The van der Waals surface area contributed by atoms with Gasteiger partial charge < -0.3 is 30.0 Å². The third kappa shape index (κ3) is 6.29. The van der Waals surface area contributed by atoms with Crippen molar-refractivity contribution in [1.82, 2.24) is 10.6 Å². The summed E-state index contributed by atoms with van der Waals surface area (Å²) in [6.45, 7) is 1.32. The average Bonchev–Trinajstić information content (AvgIpc) is 2.79. The molecule has 1 fully saturated rings. The highest BCUT2D eigenvalue weighted by atomic mass is 16.5. The summed E-state index contributed by atoms with van der Waals surface area (Å²) in [4.78, 5) is 24.7. The van der Waals surface area contributed by atoms with Crippen LogP contribution in [0.2, 0.25) is 0 Å². The third-order valence-corrected chi connectivity index (χ3v) is 5.37. The van der Waals surface area contributed by atoms with E-state index in [0.717, 1.165) is 11.3 Å². The lowest BCUT2D eigenvalue weighted by Crippen LogP contribution is -2.50. The van der Waals surface area contributed by atoms with Crippen LogP contribution in [0.4, 0.5) is 0 Å². The van der Waals surface area contributed by atoms with Gasteiger partial charge in [-0.15, -0.1) is 0 Å². The number of carbonyl (C=O) groups excluding carboxylic acids is 2. The van der Waals surface area contributed by atoms with Crippen LogP contribution in [0.1, 0.15) is 24.8 Å². The van der Waals surface area contributed by atoms with Crippen molar-refractivity contribution in [2.45, 2.75) is 44.1 Å². The quantitative estimate of drug-likeness (QED) is 0.543. The molecule has 3 N–H and O–H groups in total. The highest BCUT2D eigenvalue weighted by molar-refractivity contribution is 5.79. The SMILES string of the molecule is COc1cccc(CNC(=O)C[C@@H]2C=C[C@H](NC(=O)C3CCOCC3)[C@H](CO)O2)c1. The van der Waals surface area contributed by atoms with Crippen LogP contribution in [-0.4, -0.2) is 62.1 Å². The minimum atomic E-state index is -0.588. The fourth-order valence-corrected chi connectivity index (χ4v) is 3.62. The van der Waals surface area contributed by atoms with Gasteiger partial charge in [-0.3, -0.25) is 9.59 Å². The Labute approximate surface area is 176 Å². The zero-order valence-corrected chi connectivity index (χ0v) is 17.2. The maximum absolute atomic E-state index is 12.4. The van der Waals surface area contributed by atoms with Crippen LogP contribution in [0.15, 0.2) is 36.4 Å². The first-order valence-electron chi connectivity index (χ1n) is 10.3. The number of ether oxygens (including phenoxy) is 3. The zero-order chi connectivity index (χ0) is 21.3. The van der Waals surface area contributed by atoms with Crippen molar-refractivity contribution in [1.29, 1.82) is 0 Å². The van der Waals surface area contributed by atoms with Crippen LogP contribution < -0.4 is 15.4 Å². The van der Waals surface area contributed by atoms with E-state index >= 15 is 0 Å². The van der Waals surface area contributed by atoms with Gasteiger partial charge in [0.25, 0.3) is 0 Å². The maximum atomic E-state index is 12.4. The first kappa shape index (κ1) is 22.3. The van der Waals surface area contributed by atoms with Gasteiger partial charge in [0.1, 0.15) is 11.9 Å². The van der Waals surface area contributed by atoms with E-state index in [1.54, 1.807) is 13.2 Å². The van der Waals surface area contributed by atoms with Crippen LogP contribution in [0, 0.1) is 5.92 Å². The summed E-state index contributed by atoms with van der Waals surface area (Å²) in [5.41, 5.74) is 0.937. The Bertz CT molecular complexity index is 747. The summed E-state index contributed by atoms with van der Waals surface area (Å²) >= 11 is 0. The molecule has 0 aliphatic carbocycles. The molecule has 2 aliphatic rings. The molecule has 164 valence electrons. The molecule has 8 nitrogen and oxygen atoms in total. The van der Waals surface area contributed by atoms with Crippen molar-refractivity contribution in [2.75, 3.05) is 26.9 Å². The normalized spacial score (nSPS) is 24.3. The van der Waals surface area contributed by atoms with Gasteiger partial charge in [0, 0.05) is 25.7 Å². The van der Waals surface area contributed by atoms with E-state index in [2.05, 4.69) is 10.6 Å². The molecule has 0 aromatic heterocycles. The molecule has 3 atom stereocenters. The van der Waals surface area contributed by atoms with Crippen molar-refractivity contribution in [3.63, 3.8) is 0 Å². The van der Waals surface area contributed by atoms with Gasteiger partial charge in [-0.2, -0.15) is 0 Å². The second-order valence-corrected chi connectivity index (χ2v) is 7.53. The summed E-state index contributed by atoms with van der Waals surface area (Å²) in [7, 11) is 1.60. The smallest absolute Gasteiger partial charge is 0.223 e. The predicted molar refractivity (Wildman–Crippen MR) is 110 cm³/mol. The average molecular weight is 418 g/mol. The van der Waals surface area contributed by atoms with Crippen molar-refractivity contribution in [3.8, 4) is 5.75 Å². The van der Waals surface area contributed by atoms with E-state index < -0.39 is 18.2 Å². The molecule has 0 saturated carbocycles. The first-order chi connectivity index (χ1) is 14.6. The molecular formula is C22H30N2O6. The predicted octanol–water partition coefficient (Wildman–Crippen LogP) is 0.929. The molecular weight excluding hydrogens is 388 g/mol. The van der Waals surface area contributed by atoms with Crippen molar-refractivity contribution in [2.24, 2.45) is 5.92 Å². The summed E-state index contributed by atoms with van der Waals surface area (Å²) in [5, 5.41) is 15.5. The molecule has 2 heterocycles. The minimum absolute atomic E-state index is 0.0514. The van der Waals surface area contributed by atoms with Gasteiger partial charge in [0.15, 0.2) is 0 Å². The zero-order valence-electron chi connectivity index (χ0n) is 17.2. The molecule has 2 aliphatic heterocycles. The lowest BCUT2D eigenvalue weighted by molar-refractivity contribution is -0.132. The molecule has 2 amide bonds. The summed E-state index contributed by atoms with van der Waals surface area (Å²) in [5.74, 6) is 0.449. The molecule has 0 spiro atoms. The van der Waals surface area contributed by atoms with Crippen LogP contribution >= 0.6 is 0 Å². The third-order valence-electron chi connectivity index (χ3n) is 5.37. The van der Waals surface area contributed by atoms with E-state index in [1.165, 1.54) is 0 Å². The van der Waals surface area contributed by atoms with Gasteiger partial charge in [-0.1, -0.05) is 24.3 Å².